The molecule has 94 valence electrons. The lowest BCUT2D eigenvalue weighted by atomic mass is 9.82. The van der Waals surface area contributed by atoms with Gasteiger partial charge in [0.1, 0.15) is 6.04 Å². The van der Waals surface area contributed by atoms with E-state index in [1.807, 2.05) is 0 Å². The second kappa shape index (κ2) is 5.47. The first-order chi connectivity index (χ1) is 7.93. The van der Waals surface area contributed by atoms with Crippen LogP contribution < -0.4 is 11.1 Å². The highest BCUT2D eigenvalue weighted by Gasteiger charge is 2.34. The Hall–Kier alpha value is -1.85. The van der Waals surface area contributed by atoms with Gasteiger partial charge in [-0.1, -0.05) is 12.2 Å². The summed E-state index contributed by atoms with van der Waals surface area (Å²) >= 11 is 0. The summed E-state index contributed by atoms with van der Waals surface area (Å²) in [6.45, 7) is 1.47. The van der Waals surface area contributed by atoms with Gasteiger partial charge < -0.3 is 16.2 Å². The lowest BCUT2D eigenvalue weighted by Gasteiger charge is -2.25. The van der Waals surface area contributed by atoms with Crippen LogP contribution in [0.25, 0.3) is 0 Å². The van der Waals surface area contributed by atoms with Crippen LogP contribution in [0, 0.1) is 11.8 Å². The Morgan fingerprint density at radius 2 is 1.82 bits per heavy atom. The van der Waals surface area contributed by atoms with Crippen molar-refractivity contribution in [1.29, 1.82) is 0 Å². The molecule has 2 amide bonds. The van der Waals surface area contributed by atoms with Crippen LogP contribution in [-0.2, 0) is 14.4 Å². The van der Waals surface area contributed by atoms with E-state index in [4.69, 9.17) is 10.8 Å². The van der Waals surface area contributed by atoms with Gasteiger partial charge in [0.2, 0.25) is 11.8 Å². The lowest BCUT2D eigenvalue weighted by Crippen LogP contribution is -2.47. The van der Waals surface area contributed by atoms with Crippen LogP contribution in [0.4, 0.5) is 0 Å². The van der Waals surface area contributed by atoms with E-state index in [0.717, 1.165) is 0 Å². The molecule has 3 atom stereocenters. The van der Waals surface area contributed by atoms with E-state index in [9.17, 15) is 14.4 Å². The van der Waals surface area contributed by atoms with Crippen LogP contribution in [0.5, 0.6) is 0 Å². The van der Waals surface area contributed by atoms with Gasteiger partial charge >= 0.3 is 5.97 Å². The number of carboxylic acid groups (broad SMARTS) is 1. The molecule has 0 spiro atoms. The van der Waals surface area contributed by atoms with Gasteiger partial charge in [-0.15, -0.1) is 0 Å². The van der Waals surface area contributed by atoms with Crippen molar-refractivity contribution in [2.24, 2.45) is 17.6 Å². The Morgan fingerprint density at radius 1 is 1.29 bits per heavy atom. The number of carbonyl (C=O) groups is 3. The van der Waals surface area contributed by atoms with E-state index >= 15 is 0 Å². The van der Waals surface area contributed by atoms with Gasteiger partial charge in [-0.2, -0.15) is 0 Å². The van der Waals surface area contributed by atoms with Crippen LogP contribution in [0.2, 0.25) is 0 Å². The fourth-order valence-corrected chi connectivity index (χ4v) is 1.77. The first-order valence-corrected chi connectivity index (χ1v) is 5.41. The SMILES string of the molecule is CC(NC(=O)C1CC=CCC1C(=O)O)C(N)=O. The van der Waals surface area contributed by atoms with Crippen LogP contribution in [0.15, 0.2) is 12.2 Å². The zero-order chi connectivity index (χ0) is 13.0. The molecule has 0 aromatic rings. The zero-order valence-electron chi connectivity index (χ0n) is 9.55. The molecule has 6 nitrogen and oxygen atoms in total. The summed E-state index contributed by atoms with van der Waals surface area (Å²) < 4.78 is 0. The second-order valence-electron chi connectivity index (χ2n) is 4.13. The maximum absolute atomic E-state index is 11.8. The van der Waals surface area contributed by atoms with Crippen molar-refractivity contribution in [3.8, 4) is 0 Å². The van der Waals surface area contributed by atoms with Crippen molar-refractivity contribution in [1.82, 2.24) is 5.32 Å². The average Bonchev–Trinajstić information content (AvgIpc) is 2.28. The summed E-state index contributed by atoms with van der Waals surface area (Å²) in [5, 5.41) is 11.4. The molecule has 0 radical (unpaired) electrons. The molecule has 1 aliphatic carbocycles. The molecule has 3 unspecified atom stereocenters. The summed E-state index contributed by atoms with van der Waals surface area (Å²) in [6, 6.07) is -0.789. The van der Waals surface area contributed by atoms with E-state index < -0.39 is 35.7 Å². The number of primary amides is 1. The standard InChI is InChI=1S/C11H16N2O4/c1-6(9(12)14)13-10(15)7-4-2-3-5-8(7)11(16)17/h2-3,6-8H,4-5H2,1H3,(H2,12,14)(H,13,15)(H,16,17). The molecule has 0 saturated carbocycles. The molecule has 0 saturated heterocycles. The van der Waals surface area contributed by atoms with Crippen LogP contribution >= 0.6 is 0 Å². The quantitative estimate of drug-likeness (QED) is 0.583. The largest absolute Gasteiger partial charge is 0.481 e. The lowest BCUT2D eigenvalue weighted by molar-refractivity contribution is -0.147. The number of hydrogen-bond donors (Lipinski definition) is 3. The Balaban J connectivity index is 2.69. The van der Waals surface area contributed by atoms with Crippen molar-refractivity contribution < 1.29 is 19.5 Å². The van der Waals surface area contributed by atoms with Crippen LogP contribution in [0.1, 0.15) is 19.8 Å². The Morgan fingerprint density at radius 3 is 2.29 bits per heavy atom. The minimum absolute atomic E-state index is 0.332. The topological polar surface area (TPSA) is 109 Å². The second-order valence-corrected chi connectivity index (χ2v) is 4.13. The summed E-state index contributed by atoms with van der Waals surface area (Å²) in [5.41, 5.74) is 5.02. The average molecular weight is 240 g/mol. The van der Waals surface area contributed by atoms with Gasteiger partial charge in [0.25, 0.3) is 0 Å². The van der Waals surface area contributed by atoms with Crippen LogP contribution in [-0.4, -0.2) is 28.9 Å². The van der Waals surface area contributed by atoms with Crippen molar-refractivity contribution in [2.75, 3.05) is 0 Å². The van der Waals surface area contributed by atoms with Gasteiger partial charge in [0.05, 0.1) is 11.8 Å². The Labute approximate surface area is 98.9 Å². The number of aliphatic carboxylic acids is 1. The van der Waals surface area contributed by atoms with Crippen molar-refractivity contribution in [3.05, 3.63) is 12.2 Å². The minimum Gasteiger partial charge on any atom is -0.481 e. The zero-order valence-corrected chi connectivity index (χ0v) is 9.55. The maximum atomic E-state index is 11.8. The molecule has 0 fully saturated rings. The first-order valence-electron chi connectivity index (χ1n) is 5.41. The number of rotatable bonds is 4. The van der Waals surface area contributed by atoms with Crippen LogP contribution in [0.3, 0.4) is 0 Å². The number of carbonyl (C=O) groups excluding carboxylic acids is 2. The highest BCUT2D eigenvalue weighted by molar-refractivity contribution is 5.89. The van der Waals surface area contributed by atoms with E-state index in [-0.39, 0.29) is 0 Å². The number of carboxylic acids is 1. The first kappa shape index (κ1) is 13.2. The molecule has 1 rings (SSSR count). The van der Waals surface area contributed by atoms with Crippen molar-refractivity contribution >= 4 is 17.8 Å². The molecule has 1 aliphatic rings. The molecule has 0 heterocycles. The predicted octanol–water partition coefficient (Wildman–Crippen LogP) is -0.357. The fraction of sp³-hybridized carbons (Fsp3) is 0.545. The minimum atomic E-state index is -0.999. The van der Waals surface area contributed by atoms with Crippen molar-refractivity contribution in [2.45, 2.75) is 25.8 Å². The number of allylic oxidation sites excluding steroid dienone is 2. The normalized spacial score (nSPS) is 25.0. The molecule has 0 aromatic carbocycles. The number of hydrogen-bond acceptors (Lipinski definition) is 3. The monoisotopic (exact) mass is 240 g/mol. The van der Waals surface area contributed by atoms with E-state index in [1.165, 1.54) is 6.92 Å². The molecular weight excluding hydrogens is 224 g/mol. The maximum Gasteiger partial charge on any atom is 0.307 e. The highest BCUT2D eigenvalue weighted by atomic mass is 16.4. The molecular formula is C11H16N2O4. The molecule has 0 aliphatic heterocycles. The van der Waals surface area contributed by atoms with Gasteiger partial charge in [0.15, 0.2) is 0 Å². The third kappa shape index (κ3) is 3.30. The van der Waals surface area contributed by atoms with Gasteiger partial charge in [-0.05, 0) is 19.8 Å². The smallest absolute Gasteiger partial charge is 0.307 e. The molecule has 6 heteroatoms. The summed E-state index contributed by atoms with van der Waals surface area (Å²) in [7, 11) is 0. The molecule has 0 aromatic heterocycles. The summed E-state index contributed by atoms with van der Waals surface area (Å²) in [4.78, 5) is 33.6. The third-order valence-corrected chi connectivity index (χ3v) is 2.87. The molecule has 4 N–H and O–H groups in total. The van der Waals surface area contributed by atoms with Crippen molar-refractivity contribution in [3.63, 3.8) is 0 Å². The Kier molecular flexibility index (Phi) is 4.25. The fourth-order valence-electron chi connectivity index (χ4n) is 1.77. The number of nitrogens with one attached hydrogen (secondary N) is 1. The molecule has 0 bridgehead atoms. The third-order valence-electron chi connectivity index (χ3n) is 2.87. The van der Waals surface area contributed by atoms with E-state index in [1.54, 1.807) is 12.2 Å². The van der Waals surface area contributed by atoms with Gasteiger partial charge in [0, 0.05) is 0 Å². The summed E-state index contributed by atoms with van der Waals surface area (Å²) in [6.07, 6.45) is 4.23. The van der Waals surface area contributed by atoms with Gasteiger partial charge in [-0.25, -0.2) is 0 Å². The van der Waals surface area contributed by atoms with Gasteiger partial charge in [-0.3, -0.25) is 14.4 Å². The molecule has 17 heavy (non-hydrogen) atoms. The number of nitrogens with two attached hydrogens (primary N) is 1. The van der Waals surface area contributed by atoms with E-state index in [2.05, 4.69) is 5.32 Å². The van der Waals surface area contributed by atoms with E-state index in [0.29, 0.717) is 12.8 Å². The predicted molar refractivity (Wildman–Crippen MR) is 59.8 cm³/mol. The number of amides is 2. The highest BCUT2D eigenvalue weighted by Crippen LogP contribution is 2.26. The summed E-state index contributed by atoms with van der Waals surface area (Å²) in [5.74, 6) is -3.45. The Bertz CT molecular complexity index is 364.